The Morgan fingerprint density at radius 2 is 1.81 bits per heavy atom. The highest BCUT2D eigenvalue weighted by Crippen LogP contribution is 2.29. The average Bonchev–Trinajstić information content (AvgIpc) is 3.00. The van der Waals surface area contributed by atoms with Crippen molar-refractivity contribution in [1.29, 1.82) is 0 Å². The zero-order valence-corrected chi connectivity index (χ0v) is 16.7. The maximum Gasteiger partial charge on any atom is 0.263 e. The number of amides is 1. The average molecular weight is 400 g/mol. The summed E-state index contributed by atoms with van der Waals surface area (Å²) in [5.74, 6) is 1.45. The van der Waals surface area contributed by atoms with E-state index in [2.05, 4.69) is 24.4 Å². The highest BCUT2D eigenvalue weighted by atomic mass is 32.2. The molecule has 6 heteroatoms. The summed E-state index contributed by atoms with van der Waals surface area (Å²) >= 11 is 6.29. The second-order valence-corrected chi connectivity index (χ2v) is 7.66. The molecule has 1 fully saturated rings. The molecule has 0 atom stereocenters. The molecule has 1 aliphatic rings. The first kappa shape index (κ1) is 19.5. The Morgan fingerprint density at radius 3 is 2.52 bits per heavy atom. The fourth-order valence-corrected chi connectivity index (χ4v) is 3.58. The smallest absolute Gasteiger partial charge is 0.263 e. The first-order valence-corrected chi connectivity index (χ1v) is 10.1. The lowest BCUT2D eigenvalue weighted by Crippen LogP contribution is -2.17. The van der Waals surface area contributed by atoms with Gasteiger partial charge < -0.3 is 14.8 Å². The number of hydrogen-bond acceptors (Lipinski definition) is 5. The Labute approximate surface area is 168 Å². The number of benzene rings is 2. The van der Waals surface area contributed by atoms with Crippen molar-refractivity contribution >= 4 is 40.3 Å². The molecule has 0 spiro atoms. The number of hydrogen-bond donors (Lipinski definition) is 1. The second-order valence-electron chi connectivity index (χ2n) is 5.94. The number of nitrogens with one attached hydrogen (secondary N) is 1. The van der Waals surface area contributed by atoms with Crippen molar-refractivity contribution in [1.82, 2.24) is 5.32 Å². The minimum absolute atomic E-state index is 0.165. The zero-order chi connectivity index (χ0) is 19.1. The third kappa shape index (κ3) is 5.58. The van der Waals surface area contributed by atoms with Gasteiger partial charge in [0.2, 0.25) is 0 Å². The fraction of sp³-hybridized carbons (Fsp3) is 0.238. The number of para-hydroxylation sites is 1. The zero-order valence-electron chi connectivity index (χ0n) is 15.1. The van der Waals surface area contributed by atoms with E-state index in [-0.39, 0.29) is 5.91 Å². The van der Waals surface area contributed by atoms with E-state index in [1.807, 2.05) is 36.4 Å². The highest BCUT2D eigenvalue weighted by Gasteiger charge is 2.22. The fourth-order valence-electron chi connectivity index (χ4n) is 2.55. The lowest BCUT2D eigenvalue weighted by atomic mass is 10.2. The first-order valence-electron chi connectivity index (χ1n) is 8.84. The van der Waals surface area contributed by atoms with Crippen LogP contribution in [0, 0.1) is 0 Å². The van der Waals surface area contributed by atoms with Crippen LogP contribution in [0.2, 0.25) is 0 Å². The van der Waals surface area contributed by atoms with Crippen LogP contribution in [0.15, 0.2) is 53.4 Å². The van der Waals surface area contributed by atoms with Crippen LogP contribution in [-0.2, 0) is 11.2 Å². The van der Waals surface area contributed by atoms with E-state index in [4.69, 9.17) is 21.7 Å². The summed E-state index contributed by atoms with van der Waals surface area (Å²) in [6.07, 6.45) is 3.59. The molecule has 0 aromatic heterocycles. The van der Waals surface area contributed by atoms with Gasteiger partial charge in [0.15, 0.2) is 0 Å². The lowest BCUT2D eigenvalue weighted by molar-refractivity contribution is -0.115. The predicted octanol–water partition coefficient (Wildman–Crippen LogP) is 4.59. The van der Waals surface area contributed by atoms with E-state index in [9.17, 15) is 4.79 Å². The summed E-state index contributed by atoms with van der Waals surface area (Å²) in [6.45, 7) is 3.25. The van der Waals surface area contributed by atoms with Gasteiger partial charge in [-0.25, -0.2) is 0 Å². The summed E-state index contributed by atoms with van der Waals surface area (Å²) in [5.41, 5.74) is 2.15. The third-order valence-corrected chi connectivity index (χ3v) is 5.16. The van der Waals surface area contributed by atoms with Crippen molar-refractivity contribution in [3.8, 4) is 11.5 Å². The number of thioether (sulfide) groups is 1. The van der Waals surface area contributed by atoms with Crippen LogP contribution >= 0.6 is 24.0 Å². The summed E-state index contributed by atoms with van der Waals surface area (Å²) in [7, 11) is 0. The number of carbonyl (C=O) groups excluding carboxylic acids is 1. The molecule has 140 valence electrons. The quantitative estimate of drug-likeness (QED) is 0.400. The lowest BCUT2D eigenvalue weighted by Gasteiger charge is -2.10. The van der Waals surface area contributed by atoms with E-state index < -0.39 is 0 Å². The molecule has 0 saturated carbocycles. The summed E-state index contributed by atoms with van der Waals surface area (Å²) < 4.78 is 12.1. The number of rotatable bonds is 8. The molecule has 2 aromatic carbocycles. The minimum Gasteiger partial charge on any atom is -0.493 e. The van der Waals surface area contributed by atoms with Crippen LogP contribution in [0.5, 0.6) is 11.5 Å². The molecule has 1 amide bonds. The largest absolute Gasteiger partial charge is 0.493 e. The molecule has 0 unspecified atom stereocenters. The summed E-state index contributed by atoms with van der Waals surface area (Å²) in [4.78, 5) is 12.4. The number of carbonyl (C=O) groups is 1. The Morgan fingerprint density at radius 1 is 1.07 bits per heavy atom. The molecule has 0 radical (unpaired) electrons. The Kier molecular flexibility index (Phi) is 6.90. The molecule has 0 bridgehead atoms. The van der Waals surface area contributed by atoms with Crippen molar-refractivity contribution in [2.45, 2.75) is 19.8 Å². The van der Waals surface area contributed by atoms with Crippen LogP contribution in [0.25, 0.3) is 6.08 Å². The van der Waals surface area contributed by atoms with Crippen molar-refractivity contribution in [2.24, 2.45) is 0 Å². The maximum absolute atomic E-state index is 11.8. The molecule has 1 aliphatic heterocycles. The van der Waals surface area contributed by atoms with Gasteiger partial charge in [-0.15, -0.1) is 0 Å². The van der Waals surface area contributed by atoms with Crippen LogP contribution in [0.4, 0.5) is 0 Å². The molecule has 27 heavy (non-hydrogen) atoms. The van der Waals surface area contributed by atoms with E-state index in [0.717, 1.165) is 29.9 Å². The Hall–Kier alpha value is -2.31. The van der Waals surface area contributed by atoms with Gasteiger partial charge in [-0.2, -0.15) is 0 Å². The van der Waals surface area contributed by atoms with Crippen molar-refractivity contribution in [3.63, 3.8) is 0 Å². The third-order valence-electron chi connectivity index (χ3n) is 3.99. The second kappa shape index (κ2) is 9.58. The van der Waals surface area contributed by atoms with E-state index in [0.29, 0.717) is 22.4 Å². The number of ether oxygens (including phenoxy) is 2. The van der Waals surface area contributed by atoms with Crippen LogP contribution in [-0.4, -0.2) is 23.4 Å². The van der Waals surface area contributed by atoms with Gasteiger partial charge in [0, 0.05) is 12.0 Å². The summed E-state index contributed by atoms with van der Waals surface area (Å²) in [5, 5.41) is 2.62. The molecular weight excluding hydrogens is 378 g/mol. The van der Waals surface area contributed by atoms with Gasteiger partial charge in [0.1, 0.15) is 15.8 Å². The molecule has 0 aliphatic carbocycles. The topological polar surface area (TPSA) is 47.6 Å². The van der Waals surface area contributed by atoms with E-state index >= 15 is 0 Å². The molecule has 2 aromatic rings. The Balaban J connectivity index is 1.50. The van der Waals surface area contributed by atoms with Gasteiger partial charge in [-0.1, -0.05) is 61.2 Å². The van der Waals surface area contributed by atoms with Crippen molar-refractivity contribution in [3.05, 3.63) is 64.6 Å². The van der Waals surface area contributed by atoms with Gasteiger partial charge in [-0.3, -0.25) is 4.79 Å². The van der Waals surface area contributed by atoms with Gasteiger partial charge in [-0.05, 0) is 36.3 Å². The van der Waals surface area contributed by atoms with Crippen molar-refractivity contribution in [2.75, 3.05) is 13.2 Å². The number of thiocarbonyl (C=S) groups is 1. The molecule has 1 heterocycles. The molecule has 1 N–H and O–H groups in total. The van der Waals surface area contributed by atoms with Crippen molar-refractivity contribution < 1.29 is 14.3 Å². The predicted molar refractivity (Wildman–Crippen MR) is 114 cm³/mol. The van der Waals surface area contributed by atoms with E-state index in [1.165, 1.54) is 17.3 Å². The molecule has 3 rings (SSSR count). The maximum atomic E-state index is 11.8. The van der Waals surface area contributed by atoms with Crippen LogP contribution in [0.3, 0.4) is 0 Å². The Bertz CT molecular complexity index is 847. The highest BCUT2D eigenvalue weighted by molar-refractivity contribution is 8.26. The monoisotopic (exact) mass is 399 g/mol. The van der Waals surface area contributed by atoms with E-state index in [1.54, 1.807) is 6.08 Å². The normalized spacial score (nSPS) is 15.1. The van der Waals surface area contributed by atoms with Gasteiger partial charge >= 0.3 is 0 Å². The SMILES string of the molecule is CCc1ccc(OCCCOc2ccccc2/C=C2/SC(=S)NC2=O)cc1. The summed E-state index contributed by atoms with van der Waals surface area (Å²) in [6, 6.07) is 15.8. The van der Waals surface area contributed by atoms with Gasteiger partial charge in [0.05, 0.1) is 18.1 Å². The molecular formula is C21H21NO3S2. The number of aryl methyl sites for hydroxylation is 1. The molecule has 1 saturated heterocycles. The van der Waals surface area contributed by atoms with Gasteiger partial charge in [0.25, 0.3) is 5.91 Å². The van der Waals surface area contributed by atoms with Crippen LogP contribution < -0.4 is 14.8 Å². The standard InChI is InChI=1S/C21H21NO3S2/c1-2-15-8-10-17(11-9-15)24-12-5-13-25-18-7-4-3-6-16(18)14-19-20(23)22-21(26)27-19/h3-4,6-11,14H,2,5,12-13H2,1H3,(H,22,23,26)/b19-14+. The van der Waals surface area contributed by atoms with Crippen LogP contribution in [0.1, 0.15) is 24.5 Å². The first-order chi connectivity index (χ1) is 13.2. The minimum atomic E-state index is -0.165. The molecule has 4 nitrogen and oxygen atoms in total.